The summed E-state index contributed by atoms with van der Waals surface area (Å²) in [6, 6.07) is 12.0. The highest BCUT2D eigenvalue weighted by atomic mass is 19.4. The average molecular weight is 550 g/mol. The molecule has 1 amide bonds. The number of nitrogens with zero attached hydrogens (tertiary/aromatic N) is 1. The van der Waals surface area contributed by atoms with Crippen molar-refractivity contribution in [2.45, 2.75) is 112 Å². The first-order valence-electron chi connectivity index (χ1n) is 14.2. The lowest BCUT2D eigenvalue weighted by molar-refractivity contribution is -0.127. The van der Waals surface area contributed by atoms with E-state index in [9.17, 15) is 18.0 Å². The molecule has 0 bridgehead atoms. The van der Waals surface area contributed by atoms with E-state index in [0.29, 0.717) is 18.5 Å². The zero-order valence-electron chi connectivity index (χ0n) is 25.5. The Bertz CT molecular complexity index is 1040. The molecule has 0 spiro atoms. The Morgan fingerprint density at radius 1 is 0.923 bits per heavy atom. The van der Waals surface area contributed by atoms with E-state index >= 15 is 0 Å². The number of fused-ring (bicyclic) bond motifs is 1. The lowest BCUT2D eigenvalue weighted by Gasteiger charge is -2.32. The molecular weight excluding hydrogens is 502 g/mol. The van der Waals surface area contributed by atoms with Crippen LogP contribution in [-0.4, -0.2) is 36.9 Å². The number of carbonyl (C=O) groups excluding carboxylic acids is 1. The van der Waals surface area contributed by atoms with Gasteiger partial charge in [-0.15, -0.1) is 0 Å². The van der Waals surface area contributed by atoms with Crippen LogP contribution in [0.5, 0.6) is 0 Å². The number of hydrogen-bond donors (Lipinski definition) is 0. The molecule has 2 aromatic rings. The lowest BCUT2D eigenvalue weighted by atomic mass is 9.78. The number of alkyl halides is 3. The number of carbonyl (C=O) groups is 1. The molecular formula is C31H47BF3NO3. The largest absolute Gasteiger partial charge is 0.494 e. The van der Waals surface area contributed by atoms with Crippen LogP contribution < -0.4 is 10.4 Å². The fraction of sp³-hybridized carbons (Fsp3) is 0.581. The molecule has 0 atom stereocenters. The van der Waals surface area contributed by atoms with Gasteiger partial charge in [0.05, 0.1) is 24.0 Å². The minimum atomic E-state index is -4.27. The topological polar surface area (TPSA) is 38.8 Å². The zero-order chi connectivity index (χ0) is 30.0. The number of halogens is 3. The third-order valence-corrected chi connectivity index (χ3v) is 6.58. The normalized spacial score (nSPS) is 16.6. The van der Waals surface area contributed by atoms with Crippen molar-refractivity contribution in [2.24, 2.45) is 0 Å². The van der Waals surface area contributed by atoms with Crippen LogP contribution in [0.2, 0.25) is 0 Å². The van der Waals surface area contributed by atoms with Gasteiger partial charge in [0.2, 0.25) is 5.91 Å². The van der Waals surface area contributed by atoms with Gasteiger partial charge in [-0.05, 0) is 62.3 Å². The molecule has 2 heterocycles. The maximum absolute atomic E-state index is 12.9. The van der Waals surface area contributed by atoms with Crippen molar-refractivity contribution >= 4 is 24.2 Å². The second-order valence-corrected chi connectivity index (χ2v) is 10.3. The fourth-order valence-electron chi connectivity index (χ4n) is 4.16. The summed E-state index contributed by atoms with van der Waals surface area (Å²) in [5.74, 6) is -0.128. The Morgan fingerprint density at radius 3 is 2.00 bits per heavy atom. The van der Waals surface area contributed by atoms with Crippen molar-refractivity contribution in [1.29, 1.82) is 0 Å². The van der Waals surface area contributed by atoms with Crippen LogP contribution >= 0.6 is 0 Å². The summed E-state index contributed by atoms with van der Waals surface area (Å²) in [6.45, 7) is 20.8. The summed E-state index contributed by atoms with van der Waals surface area (Å²) in [4.78, 5) is 14.6. The Morgan fingerprint density at radius 2 is 1.46 bits per heavy atom. The van der Waals surface area contributed by atoms with Gasteiger partial charge in [0.1, 0.15) is 0 Å². The quantitative estimate of drug-likeness (QED) is 0.367. The number of benzene rings is 2. The van der Waals surface area contributed by atoms with Crippen molar-refractivity contribution in [3.63, 3.8) is 0 Å². The van der Waals surface area contributed by atoms with E-state index in [2.05, 4.69) is 13.8 Å². The maximum Gasteiger partial charge on any atom is 0.494 e. The molecule has 0 radical (unpaired) electrons. The molecule has 4 nitrogen and oxygen atoms in total. The van der Waals surface area contributed by atoms with E-state index in [1.165, 1.54) is 18.6 Å². The zero-order valence-corrected chi connectivity index (χ0v) is 25.5. The summed E-state index contributed by atoms with van der Waals surface area (Å²) >= 11 is 0. The van der Waals surface area contributed by atoms with Gasteiger partial charge in [0, 0.05) is 12.2 Å². The van der Waals surface area contributed by atoms with Gasteiger partial charge in [-0.1, -0.05) is 84.4 Å². The highest BCUT2D eigenvalue weighted by Crippen LogP contribution is 2.37. The SMILES string of the molecule is CC.CC.CC1(C)OB(c2ccc3c(c2)CCN3C(=O)Cc2cccc(CC(F)(F)F)c2)OC1(C)C.CCC. The first kappa shape index (κ1) is 34.7. The summed E-state index contributed by atoms with van der Waals surface area (Å²) in [5.41, 5.74) is 2.67. The Kier molecular flexibility index (Phi) is 13.3. The Balaban J connectivity index is 0.000000996. The van der Waals surface area contributed by atoms with Gasteiger partial charge >= 0.3 is 13.3 Å². The molecule has 8 heteroatoms. The summed E-state index contributed by atoms with van der Waals surface area (Å²) in [5, 5.41) is 0. The predicted octanol–water partition coefficient (Wildman–Crippen LogP) is 7.69. The van der Waals surface area contributed by atoms with Gasteiger partial charge in [0.15, 0.2) is 0 Å². The monoisotopic (exact) mass is 549 g/mol. The standard InChI is InChI=1S/C24H27BF3NO3.C3H8.2C2H6/c1-22(2)23(3,4)32-25(31-22)19-8-9-20-18(14-19)10-11-29(20)21(30)13-16-6-5-7-17(12-16)15-24(26,27)28;1-3-2;2*1-2/h5-9,12,14H,10-11,13,15H2,1-4H3;3H2,1-2H3;2*1-2H3. The second kappa shape index (κ2) is 14.9. The fourth-order valence-corrected chi connectivity index (χ4v) is 4.16. The predicted molar refractivity (Wildman–Crippen MR) is 157 cm³/mol. The second-order valence-electron chi connectivity index (χ2n) is 10.3. The van der Waals surface area contributed by atoms with Gasteiger partial charge in [0.25, 0.3) is 0 Å². The molecule has 1 saturated heterocycles. The first-order chi connectivity index (χ1) is 18.3. The van der Waals surface area contributed by atoms with Gasteiger partial charge < -0.3 is 14.2 Å². The van der Waals surface area contributed by atoms with Gasteiger partial charge in [-0.25, -0.2) is 0 Å². The Hall–Kier alpha value is -2.32. The molecule has 39 heavy (non-hydrogen) atoms. The van der Waals surface area contributed by atoms with Crippen LogP contribution in [-0.2, 0) is 33.4 Å². The van der Waals surface area contributed by atoms with Crippen molar-refractivity contribution in [1.82, 2.24) is 0 Å². The molecule has 0 aliphatic carbocycles. The molecule has 2 aromatic carbocycles. The highest BCUT2D eigenvalue weighted by Gasteiger charge is 2.51. The van der Waals surface area contributed by atoms with E-state index in [0.717, 1.165) is 16.7 Å². The molecule has 1 fully saturated rings. The number of anilines is 1. The van der Waals surface area contributed by atoms with Crippen LogP contribution in [0.3, 0.4) is 0 Å². The van der Waals surface area contributed by atoms with Gasteiger partial charge in [-0.2, -0.15) is 13.2 Å². The van der Waals surface area contributed by atoms with E-state index in [1.807, 2.05) is 73.6 Å². The molecule has 0 unspecified atom stereocenters. The molecule has 0 aromatic heterocycles. The van der Waals surface area contributed by atoms with Crippen molar-refractivity contribution in [2.75, 3.05) is 11.4 Å². The van der Waals surface area contributed by atoms with Crippen LogP contribution in [0, 0.1) is 0 Å². The minimum absolute atomic E-state index is 0.0596. The number of hydrogen-bond acceptors (Lipinski definition) is 3. The van der Waals surface area contributed by atoms with Crippen molar-refractivity contribution in [3.05, 3.63) is 59.2 Å². The summed E-state index contributed by atoms with van der Waals surface area (Å²) in [7, 11) is -0.466. The summed E-state index contributed by atoms with van der Waals surface area (Å²) in [6.07, 6.45) is -3.25. The smallest absolute Gasteiger partial charge is 0.399 e. The lowest BCUT2D eigenvalue weighted by Crippen LogP contribution is -2.41. The highest BCUT2D eigenvalue weighted by molar-refractivity contribution is 6.62. The van der Waals surface area contributed by atoms with Crippen LogP contribution in [0.1, 0.15) is 92.3 Å². The van der Waals surface area contributed by atoms with Crippen LogP contribution in [0.15, 0.2) is 42.5 Å². The van der Waals surface area contributed by atoms with E-state index in [-0.39, 0.29) is 17.9 Å². The van der Waals surface area contributed by atoms with Crippen LogP contribution in [0.25, 0.3) is 0 Å². The molecule has 218 valence electrons. The number of rotatable bonds is 4. The maximum atomic E-state index is 12.9. The Labute approximate surface area is 234 Å². The molecule has 4 rings (SSSR count). The van der Waals surface area contributed by atoms with E-state index in [1.54, 1.807) is 17.0 Å². The number of amides is 1. The van der Waals surface area contributed by atoms with Crippen molar-refractivity contribution < 1.29 is 27.3 Å². The molecule has 0 saturated carbocycles. The third kappa shape index (κ3) is 9.38. The molecule has 2 aliphatic heterocycles. The minimum Gasteiger partial charge on any atom is -0.399 e. The third-order valence-electron chi connectivity index (χ3n) is 6.58. The van der Waals surface area contributed by atoms with E-state index in [4.69, 9.17) is 9.31 Å². The average Bonchev–Trinajstić information content (AvgIpc) is 3.38. The first-order valence-corrected chi connectivity index (χ1v) is 14.2. The van der Waals surface area contributed by atoms with Gasteiger partial charge in [-0.3, -0.25) is 4.79 Å². The van der Waals surface area contributed by atoms with Crippen LogP contribution in [0.4, 0.5) is 18.9 Å². The van der Waals surface area contributed by atoms with E-state index < -0.39 is 30.9 Å². The van der Waals surface area contributed by atoms with Crippen molar-refractivity contribution in [3.8, 4) is 0 Å². The summed E-state index contributed by atoms with van der Waals surface area (Å²) < 4.78 is 50.3. The molecule has 2 aliphatic rings. The molecule has 0 N–H and O–H groups in total.